The molecule has 1 saturated heterocycles. The Morgan fingerprint density at radius 2 is 1.68 bits per heavy atom. The van der Waals surface area contributed by atoms with E-state index in [2.05, 4.69) is 21.6 Å². The fourth-order valence-corrected chi connectivity index (χ4v) is 6.47. The first-order chi connectivity index (χ1) is 22.5. The summed E-state index contributed by atoms with van der Waals surface area (Å²) < 4.78 is 32.3. The lowest BCUT2D eigenvalue weighted by Gasteiger charge is -2.26. The van der Waals surface area contributed by atoms with Crippen molar-refractivity contribution in [1.29, 1.82) is 0 Å². The largest absolute Gasteiger partial charge is 0.486 e. The molecule has 6 rings (SSSR count). The molecular weight excluding hydrogens is 623 g/mol. The SMILES string of the molecule is CC(C)(C)OC(=O)N1CCCN(Cc2ccc3cc(C(=O)Nc4cc(NC(=O)c5ccc6c(c5)OCCO6)ccc4F)sc3c2)CC1. The molecule has 10 nitrogen and oxygen atoms in total. The number of hydrogen-bond acceptors (Lipinski definition) is 8. The summed E-state index contributed by atoms with van der Waals surface area (Å²) in [4.78, 5) is 43.1. The second-order valence-corrected chi connectivity index (χ2v) is 13.6. The number of benzene rings is 3. The summed E-state index contributed by atoms with van der Waals surface area (Å²) in [5.41, 5.74) is 1.21. The van der Waals surface area contributed by atoms with Gasteiger partial charge in [-0.05, 0) is 86.7 Å². The lowest BCUT2D eigenvalue weighted by atomic mass is 10.1. The van der Waals surface area contributed by atoms with Gasteiger partial charge in [0.05, 0.1) is 10.6 Å². The molecule has 0 atom stereocenters. The third-order valence-electron chi connectivity index (χ3n) is 7.73. The van der Waals surface area contributed by atoms with E-state index >= 15 is 0 Å². The van der Waals surface area contributed by atoms with E-state index in [1.54, 1.807) is 29.2 Å². The molecule has 2 N–H and O–H groups in total. The van der Waals surface area contributed by atoms with Crippen LogP contribution in [-0.2, 0) is 11.3 Å². The lowest BCUT2D eigenvalue weighted by Crippen LogP contribution is -2.39. The Hall–Kier alpha value is -4.68. The van der Waals surface area contributed by atoms with Gasteiger partial charge in [0.15, 0.2) is 11.5 Å². The standard InChI is InChI=1S/C35H37FN4O6S/c1-35(2,3)46-34(43)40-12-4-11-39(13-14-40)21-22-5-6-23-19-31(47-30(23)17-22)33(42)38-27-20-25(8-9-26(27)36)37-32(41)24-7-10-28-29(18-24)45-16-15-44-28/h5-10,17-20H,4,11-16,21H2,1-3H3,(H,37,41)(H,38,42). The van der Waals surface area contributed by atoms with Crippen LogP contribution in [0.15, 0.2) is 60.7 Å². The molecule has 4 aromatic rings. The predicted octanol–water partition coefficient (Wildman–Crippen LogP) is 6.76. The van der Waals surface area contributed by atoms with E-state index < -0.39 is 23.2 Å². The molecule has 0 aliphatic carbocycles. The van der Waals surface area contributed by atoms with E-state index in [1.165, 1.54) is 29.5 Å². The minimum atomic E-state index is -0.623. The molecule has 2 aliphatic rings. The molecule has 47 heavy (non-hydrogen) atoms. The van der Waals surface area contributed by atoms with Gasteiger partial charge in [0.1, 0.15) is 24.6 Å². The van der Waals surface area contributed by atoms with Crippen LogP contribution < -0.4 is 20.1 Å². The molecule has 0 saturated carbocycles. The van der Waals surface area contributed by atoms with Crippen molar-refractivity contribution in [1.82, 2.24) is 9.80 Å². The van der Waals surface area contributed by atoms with Gasteiger partial charge in [-0.1, -0.05) is 12.1 Å². The Bertz CT molecular complexity index is 1820. The third-order valence-corrected chi connectivity index (χ3v) is 8.83. The highest BCUT2D eigenvalue weighted by atomic mass is 32.1. The Labute approximate surface area is 276 Å². The van der Waals surface area contributed by atoms with Crippen molar-refractivity contribution in [3.8, 4) is 11.5 Å². The average molecular weight is 661 g/mol. The first-order valence-corrected chi connectivity index (χ1v) is 16.4. The Kier molecular flexibility index (Phi) is 9.33. The molecule has 1 fully saturated rings. The fraction of sp³-hybridized carbons (Fsp3) is 0.343. The number of amides is 3. The van der Waals surface area contributed by atoms with Gasteiger partial charge >= 0.3 is 6.09 Å². The highest BCUT2D eigenvalue weighted by Gasteiger charge is 2.25. The van der Waals surface area contributed by atoms with Crippen LogP contribution in [-0.4, -0.2) is 72.7 Å². The number of thiophene rings is 1. The average Bonchev–Trinajstić information content (AvgIpc) is 3.32. The molecule has 246 valence electrons. The summed E-state index contributed by atoms with van der Waals surface area (Å²) in [6.07, 6.45) is 0.572. The van der Waals surface area contributed by atoms with Gasteiger partial charge in [-0.2, -0.15) is 0 Å². The maximum atomic E-state index is 14.8. The van der Waals surface area contributed by atoms with E-state index in [1.807, 2.05) is 32.9 Å². The number of rotatable bonds is 6. The van der Waals surface area contributed by atoms with Gasteiger partial charge < -0.3 is 29.7 Å². The van der Waals surface area contributed by atoms with Crippen LogP contribution in [0.1, 0.15) is 52.8 Å². The molecule has 2 aliphatic heterocycles. The highest BCUT2D eigenvalue weighted by molar-refractivity contribution is 7.20. The minimum absolute atomic E-state index is 0.0466. The van der Waals surface area contributed by atoms with Gasteiger partial charge in [-0.25, -0.2) is 9.18 Å². The number of carbonyl (C=O) groups excluding carboxylic acids is 3. The summed E-state index contributed by atoms with van der Waals surface area (Å²) in [6.45, 7) is 10.0. The van der Waals surface area contributed by atoms with E-state index in [9.17, 15) is 18.8 Å². The Morgan fingerprint density at radius 1 is 0.872 bits per heavy atom. The van der Waals surface area contributed by atoms with Crippen LogP contribution in [0.3, 0.4) is 0 Å². The maximum Gasteiger partial charge on any atom is 0.410 e. The van der Waals surface area contributed by atoms with E-state index in [0.717, 1.165) is 35.2 Å². The fourth-order valence-electron chi connectivity index (χ4n) is 5.45. The summed E-state index contributed by atoms with van der Waals surface area (Å²) in [5.74, 6) is -0.423. The molecule has 0 unspecified atom stereocenters. The van der Waals surface area contributed by atoms with Gasteiger partial charge in [-0.3, -0.25) is 14.5 Å². The summed E-state index contributed by atoms with van der Waals surface area (Å²) >= 11 is 1.33. The first kappa shape index (κ1) is 32.3. The Balaban J connectivity index is 1.08. The first-order valence-electron chi connectivity index (χ1n) is 15.6. The van der Waals surface area contributed by atoms with E-state index in [4.69, 9.17) is 14.2 Å². The van der Waals surface area contributed by atoms with E-state index in [-0.39, 0.29) is 11.8 Å². The second kappa shape index (κ2) is 13.6. The van der Waals surface area contributed by atoms with Crippen molar-refractivity contribution in [2.45, 2.75) is 39.3 Å². The zero-order valence-corrected chi connectivity index (χ0v) is 27.4. The van der Waals surface area contributed by atoms with Gasteiger partial charge in [-0.15, -0.1) is 11.3 Å². The van der Waals surface area contributed by atoms with Crippen molar-refractivity contribution in [3.63, 3.8) is 0 Å². The van der Waals surface area contributed by atoms with Crippen molar-refractivity contribution in [2.75, 3.05) is 50.0 Å². The van der Waals surface area contributed by atoms with Gasteiger partial charge in [0.2, 0.25) is 0 Å². The maximum absolute atomic E-state index is 14.8. The van der Waals surface area contributed by atoms with Crippen molar-refractivity contribution in [2.24, 2.45) is 0 Å². The summed E-state index contributed by atoms with van der Waals surface area (Å²) in [7, 11) is 0. The number of halogens is 1. The monoisotopic (exact) mass is 660 g/mol. The molecule has 0 bridgehead atoms. The number of anilines is 2. The summed E-state index contributed by atoms with van der Waals surface area (Å²) in [5, 5.41) is 6.32. The van der Waals surface area contributed by atoms with Crippen LogP contribution in [0.4, 0.5) is 20.6 Å². The van der Waals surface area contributed by atoms with E-state index in [0.29, 0.717) is 60.5 Å². The highest BCUT2D eigenvalue weighted by Crippen LogP contribution is 2.32. The zero-order chi connectivity index (χ0) is 33.1. The van der Waals surface area contributed by atoms with Gasteiger partial charge in [0.25, 0.3) is 11.8 Å². The van der Waals surface area contributed by atoms with Crippen LogP contribution in [0, 0.1) is 5.82 Å². The van der Waals surface area contributed by atoms with Crippen LogP contribution in [0.2, 0.25) is 0 Å². The van der Waals surface area contributed by atoms with Gasteiger partial charge in [0, 0.05) is 48.7 Å². The normalized spacial score (nSPS) is 15.2. The third kappa shape index (κ3) is 8.01. The Morgan fingerprint density at radius 3 is 2.49 bits per heavy atom. The minimum Gasteiger partial charge on any atom is -0.486 e. The lowest BCUT2D eigenvalue weighted by molar-refractivity contribution is 0.0257. The topological polar surface area (TPSA) is 109 Å². The molecule has 0 radical (unpaired) electrons. The van der Waals surface area contributed by atoms with Crippen molar-refractivity contribution < 1.29 is 33.0 Å². The zero-order valence-electron chi connectivity index (χ0n) is 26.6. The van der Waals surface area contributed by atoms with Crippen LogP contribution in [0.25, 0.3) is 10.1 Å². The molecule has 1 aromatic heterocycles. The molecule has 3 heterocycles. The smallest absolute Gasteiger partial charge is 0.410 e. The number of hydrogen-bond donors (Lipinski definition) is 2. The number of carbonyl (C=O) groups is 3. The molecule has 3 aromatic carbocycles. The molecule has 12 heteroatoms. The summed E-state index contributed by atoms with van der Waals surface area (Å²) in [6, 6.07) is 16.8. The van der Waals surface area contributed by atoms with Crippen LogP contribution in [0.5, 0.6) is 11.5 Å². The predicted molar refractivity (Wildman–Crippen MR) is 179 cm³/mol. The molecule has 3 amide bonds. The molecule has 0 spiro atoms. The number of nitrogens with zero attached hydrogens (tertiary/aromatic N) is 2. The van der Waals surface area contributed by atoms with Crippen molar-refractivity contribution >= 4 is 50.7 Å². The molecular formula is C35H37FN4O6S. The second-order valence-electron chi connectivity index (χ2n) is 12.5. The van der Waals surface area contributed by atoms with Crippen LogP contribution >= 0.6 is 11.3 Å². The number of ether oxygens (including phenoxy) is 3. The number of nitrogens with one attached hydrogen (secondary N) is 2. The van der Waals surface area contributed by atoms with Crippen molar-refractivity contribution in [3.05, 3.63) is 82.5 Å². The number of fused-ring (bicyclic) bond motifs is 2. The quantitative estimate of drug-likeness (QED) is 0.235.